The van der Waals surface area contributed by atoms with Gasteiger partial charge in [0, 0.05) is 12.1 Å². The highest BCUT2D eigenvalue weighted by Gasteiger charge is 2.37. The Kier molecular flexibility index (Phi) is 4.01. The molecule has 1 aliphatic heterocycles. The van der Waals surface area contributed by atoms with Crippen molar-refractivity contribution >= 4 is 23.2 Å². The van der Waals surface area contributed by atoms with Crippen molar-refractivity contribution in [2.75, 3.05) is 4.90 Å². The van der Waals surface area contributed by atoms with Crippen LogP contribution < -0.4 is 4.90 Å². The van der Waals surface area contributed by atoms with Crippen LogP contribution in [0.15, 0.2) is 72.8 Å². The Morgan fingerprint density at radius 1 is 0.778 bits per heavy atom. The van der Waals surface area contributed by atoms with Crippen LogP contribution >= 0.6 is 0 Å². The molecule has 0 saturated carbocycles. The van der Waals surface area contributed by atoms with Crippen LogP contribution in [0.5, 0.6) is 0 Å². The Balaban J connectivity index is 1.61. The fourth-order valence-electron chi connectivity index (χ4n) is 3.17. The van der Waals surface area contributed by atoms with Gasteiger partial charge in [-0.05, 0) is 35.7 Å². The molecule has 0 spiro atoms. The highest BCUT2D eigenvalue weighted by molar-refractivity contribution is 6.34. The molecule has 0 N–H and O–H groups in total. The predicted octanol–water partition coefficient (Wildman–Crippen LogP) is 3.99. The lowest BCUT2D eigenvalue weighted by Gasteiger charge is -2.14. The molecule has 6 nitrogen and oxygen atoms in total. The van der Waals surface area contributed by atoms with Crippen LogP contribution in [0.2, 0.25) is 0 Å². The largest absolute Gasteiger partial charge is 0.270 e. The Bertz CT molecular complexity index is 1060. The van der Waals surface area contributed by atoms with Crippen molar-refractivity contribution in [1.29, 1.82) is 0 Å². The third-order valence-corrected chi connectivity index (χ3v) is 4.53. The minimum atomic E-state index is -0.584. The SMILES string of the molecule is O=C1c2ccc([N+](=O)[O-])cc2C(=O)N1c1ccc(Cc2ccccc2)cc1. The second-order valence-electron chi connectivity index (χ2n) is 6.26. The fourth-order valence-corrected chi connectivity index (χ4v) is 3.17. The molecule has 0 saturated heterocycles. The normalized spacial score (nSPS) is 13.0. The van der Waals surface area contributed by atoms with E-state index in [0.717, 1.165) is 23.0 Å². The van der Waals surface area contributed by atoms with Gasteiger partial charge in [-0.25, -0.2) is 4.90 Å². The van der Waals surface area contributed by atoms with Crippen LogP contribution in [0.25, 0.3) is 0 Å². The number of imide groups is 1. The molecular weight excluding hydrogens is 344 g/mol. The highest BCUT2D eigenvalue weighted by atomic mass is 16.6. The quantitative estimate of drug-likeness (QED) is 0.401. The maximum Gasteiger partial charge on any atom is 0.270 e. The summed E-state index contributed by atoms with van der Waals surface area (Å²) >= 11 is 0. The first-order valence-electron chi connectivity index (χ1n) is 8.35. The van der Waals surface area contributed by atoms with Crippen LogP contribution in [0, 0.1) is 10.1 Å². The van der Waals surface area contributed by atoms with E-state index in [9.17, 15) is 19.7 Å². The van der Waals surface area contributed by atoms with E-state index in [1.54, 1.807) is 12.1 Å². The molecule has 1 aliphatic rings. The van der Waals surface area contributed by atoms with Crippen molar-refractivity contribution in [2.45, 2.75) is 6.42 Å². The second-order valence-corrected chi connectivity index (χ2v) is 6.26. The van der Waals surface area contributed by atoms with Gasteiger partial charge in [-0.2, -0.15) is 0 Å². The number of benzene rings is 3. The molecule has 3 aromatic carbocycles. The summed E-state index contributed by atoms with van der Waals surface area (Å²) in [7, 11) is 0. The number of nitro benzene ring substituents is 1. The monoisotopic (exact) mass is 358 g/mol. The molecule has 0 atom stereocenters. The van der Waals surface area contributed by atoms with E-state index in [2.05, 4.69) is 0 Å². The van der Waals surface area contributed by atoms with Gasteiger partial charge < -0.3 is 0 Å². The van der Waals surface area contributed by atoms with E-state index < -0.39 is 16.7 Å². The number of nitrogens with zero attached hydrogens (tertiary/aromatic N) is 2. The first-order valence-corrected chi connectivity index (χ1v) is 8.35. The maximum absolute atomic E-state index is 12.6. The minimum Gasteiger partial charge on any atom is -0.268 e. The smallest absolute Gasteiger partial charge is 0.268 e. The topological polar surface area (TPSA) is 80.5 Å². The lowest BCUT2D eigenvalue weighted by molar-refractivity contribution is -0.384. The maximum atomic E-state index is 12.6. The van der Waals surface area contributed by atoms with Gasteiger partial charge in [0.1, 0.15) is 0 Å². The van der Waals surface area contributed by atoms with Gasteiger partial charge in [0.25, 0.3) is 17.5 Å². The molecule has 0 aliphatic carbocycles. The van der Waals surface area contributed by atoms with Crippen LogP contribution in [0.3, 0.4) is 0 Å². The average Bonchev–Trinajstić information content (AvgIpc) is 2.93. The van der Waals surface area contributed by atoms with Crippen LogP contribution in [0.4, 0.5) is 11.4 Å². The summed E-state index contributed by atoms with van der Waals surface area (Å²) < 4.78 is 0. The summed E-state index contributed by atoms with van der Waals surface area (Å²) in [6.07, 6.45) is 0.745. The number of rotatable bonds is 4. The third-order valence-electron chi connectivity index (χ3n) is 4.53. The van der Waals surface area contributed by atoms with Gasteiger partial charge >= 0.3 is 0 Å². The first-order chi connectivity index (χ1) is 13.0. The summed E-state index contributed by atoms with van der Waals surface area (Å²) in [4.78, 5) is 36.6. The Labute approximate surface area is 154 Å². The van der Waals surface area contributed by atoms with Crippen molar-refractivity contribution in [3.63, 3.8) is 0 Å². The number of carbonyl (C=O) groups excluding carboxylic acids is 2. The van der Waals surface area contributed by atoms with E-state index in [0.29, 0.717) is 5.69 Å². The van der Waals surface area contributed by atoms with E-state index in [1.165, 1.54) is 17.7 Å². The van der Waals surface area contributed by atoms with Crippen molar-refractivity contribution < 1.29 is 14.5 Å². The summed E-state index contributed by atoms with van der Waals surface area (Å²) in [6, 6.07) is 20.9. The molecule has 0 radical (unpaired) electrons. The fraction of sp³-hybridized carbons (Fsp3) is 0.0476. The predicted molar refractivity (Wildman–Crippen MR) is 99.9 cm³/mol. The summed E-state index contributed by atoms with van der Waals surface area (Å²) in [5.74, 6) is -1.02. The Hall–Kier alpha value is -3.80. The van der Waals surface area contributed by atoms with Gasteiger partial charge in [-0.1, -0.05) is 42.5 Å². The molecule has 0 fully saturated rings. The third kappa shape index (κ3) is 2.97. The molecule has 0 aromatic heterocycles. The van der Waals surface area contributed by atoms with E-state index in [4.69, 9.17) is 0 Å². The number of anilines is 1. The summed E-state index contributed by atoms with van der Waals surface area (Å²) in [5.41, 5.74) is 2.69. The van der Waals surface area contributed by atoms with E-state index >= 15 is 0 Å². The van der Waals surface area contributed by atoms with Gasteiger partial charge in [0.15, 0.2) is 0 Å². The molecule has 27 heavy (non-hydrogen) atoms. The number of non-ortho nitro benzene ring substituents is 1. The standard InChI is InChI=1S/C21H14N2O4/c24-20-18-11-10-17(23(26)27)13-19(18)21(25)22(20)16-8-6-15(7-9-16)12-14-4-2-1-3-5-14/h1-11,13H,12H2. The Morgan fingerprint density at radius 2 is 1.41 bits per heavy atom. The van der Waals surface area contributed by atoms with Crippen LogP contribution in [0.1, 0.15) is 31.8 Å². The lowest BCUT2D eigenvalue weighted by Crippen LogP contribution is -2.29. The lowest BCUT2D eigenvalue weighted by atomic mass is 10.0. The molecular formula is C21H14N2O4. The van der Waals surface area contributed by atoms with Gasteiger partial charge in [-0.3, -0.25) is 19.7 Å². The van der Waals surface area contributed by atoms with Crippen molar-refractivity contribution in [3.05, 3.63) is 105 Å². The minimum absolute atomic E-state index is 0.0579. The first kappa shape index (κ1) is 16.7. The molecule has 132 valence electrons. The average molecular weight is 358 g/mol. The number of amides is 2. The number of hydrogen-bond donors (Lipinski definition) is 0. The summed E-state index contributed by atoms with van der Waals surface area (Å²) in [5, 5.41) is 10.9. The molecule has 1 heterocycles. The zero-order valence-electron chi connectivity index (χ0n) is 14.2. The van der Waals surface area contributed by atoms with E-state index in [-0.39, 0.29) is 16.8 Å². The van der Waals surface area contributed by atoms with E-state index in [1.807, 2.05) is 42.5 Å². The molecule has 4 rings (SSSR count). The van der Waals surface area contributed by atoms with Gasteiger partial charge in [0.05, 0.1) is 21.7 Å². The van der Waals surface area contributed by atoms with Crippen molar-refractivity contribution in [2.24, 2.45) is 0 Å². The van der Waals surface area contributed by atoms with Gasteiger partial charge in [-0.15, -0.1) is 0 Å². The second kappa shape index (κ2) is 6.49. The highest BCUT2D eigenvalue weighted by Crippen LogP contribution is 2.31. The zero-order chi connectivity index (χ0) is 19.0. The number of carbonyl (C=O) groups is 2. The zero-order valence-corrected chi connectivity index (χ0v) is 14.2. The molecule has 0 bridgehead atoms. The number of fused-ring (bicyclic) bond motifs is 1. The van der Waals surface area contributed by atoms with Gasteiger partial charge in [0.2, 0.25) is 0 Å². The molecule has 6 heteroatoms. The molecule has 3 aromatic rings. The molecule has 2 amide bonds. The molecule has 0 unspecified atom stereocenters. The van der Waals surface area contributed by atoms with Crippen LogP contribution in [-0.2, 0) is 6.42 Å². The number of nitro groups is 1. The summed E-state index contributed by atoms with van der Waals surface area (Å²) in [6.45, 7) is 0. The Morgan fingerprint density at radius 3 is 2.07 bits per heavy atom. The van der Waals surface area contributed by atoms with Crippen molar-refractivity contribution in [1.82, 2.24) is 0 Å². The van der Waals surface area contributed by atoms with Crippen molar-refractivity contribution in [3.8, 4) is 0 Å². The van der Waals surface area contributed by atoms with Crippen LogP contribution in [-0.4, -0.2) is 16.7 Å². The number of hydrogen-bond acceptors (Lipinski definition) is 4.